The van der Waals surface area contributed by atoms with Gasteiger partial charge in [-0.25, -0.2) is 8.42 Å². The third-order valence-corrected chi connectivity index (χ3v) is 7.36. The van der Waals surface area contributed by atoms with Crippen LogP contribution in [0.5, 0.6) is 0 Å². The van der Waals surface area contributed by atoms with Crippen molar-refractivity contribution < 1.29 is 13.2 Å². The van der Waals surface area contributed by atoms with Gasteiger partial charge in [0.05, 0.1) is 12.3 Å². The molecule has 0 N–H and O–H groups in total. The predicted octanol–water partition coefficient (Wildman–Crippen LogP) is 2.55. The number of ketones is 1. The first-order valence-corrected chi connectivity index (χ1v) is 11.3. The van der Waals surface area contributed by atoms with Gasteiger partial charge in [-0.3, -0.25) is 9.69 Å². The van der Waals surface area contributed by atoms with Crippen molar-refractivity contribution >= 4 is 15.8 Å². The van der Waals surface area contributed by atoms with E-state index < -0.39 is 10.0 Å². The van der Waals surface area contributed by atoms with Crippen molar-refractivity contribution in [2.24, 2.45) is 0 Å². The van der Waals surface area contributed by atoms with Crippen molar-refractivity contribution in [3.8, 4) is 5.69 Å². The summed E-state index contributed by atoms with van der Waals surface area (Å²) >= 11 is 0. The van der Waals surface area contributed by atoms with Gasteiger partial charge in [-0.1, -0.05) is 17.7 Å². The SMILES string of the molecule is CCS(=O)(=O)N1CCN(CC(=O)c2cc(C)n(-c3ccc(C)cc3)c2C)CC1. The van der Waals surface area contributed by atoms with Crippen LogP contribution in [0.25, 0.3) is 5.69 Å². The van der Waals surface area contributed by atoms with Crippen LogP contribution in [0.2, 0.25) is 0 Å². The zero-order valence-electron chi connectivity index (χ0n) is 17.1. The summed E-state index contributed by atoms with van der Waals surface area (Å²) in [7, 11) is -3.15. The molecule has 0 unspecified atom stereocenters. The van der Waals surface area contributed by atoms with Crippen LogP contribution in [0.4, 0.5) is 0 Å². The van der Waals surface area contributed by atoms with E-state index in [1.54, 1.807) is 6.92 Å². The molecule has 0 amide bonds. The predicted molar refractivity (Wildman–Crippen MR) is 112 cm³/mol. The van der Waals surface area contributed by atoms with E-state index in [0.717, 1.165) is 22.6 Å². The number of carbonyl (C=O) groups excluding carboxylic acids is 1. The number of carbonyl (C=O) groups is 1. The number of rotatable bonds is 6. The summed E-state index contributed by atoms with van der Waals surface area (Å²) in [4.78, 5) is 15.0. The van der Waals surface area contributed by atoms with Crippen molar-refractivity contribution in [1.29, 1.82) is 0 Å². The average molecular weight is 404 g/mol. The molecule has 2 heterocycles. The number of hydrogen-bond donors (Lipinski definition) is 0. The number of nitrogens with zero attached hydrogens (tertiary/aromatic N) is 3. The molecule has 1 aliphatic heterocycles. The lowest BCUT2D eigenvalue weighted by Crippen LogP contribution is -2.50. The van der Waals surface area contributed by atoms with E-state index >= 15 is 0 Å². The van der Waals surface area contributed by atoms with E-state index in [2.05, 4.69) is 35.8 Å². The van der Waals surface area contributed by atoms with E-state index in [1.165, 1.54) is 9.87 Å². The molecule has 6 nitrogen and oxygen atoms in total. The van der Waals surface area contributed by atoms with Crippen LogP contribution >= 0.6 is 0 Å². The van der Waals surface area contributed by atoms with Gasteiger partial charge >= 0.3 is 0 Å². The fraction of sp³-hybridized carbons (Fsp3) is 0.476. The smallest absolute Gasteiger partial charge is 0.213 e. The zero-order chi connectivity index (χ0) is 20.5. The quantitative estimate of drug-likeness (QED) is 0.696. The third-order valence-electron chi connectivity index (χ3n) is 5.48. The Balaban J connectivity index is 1.71. The topological polar surface area (TPSA) is 62.6 Å². The Bertz CT molecular complexity index is 954. The van der Waals surface area contributed by atoms with E-state index in [-0.39, 0.29) is 11.5 Å². The highest BCUT2D eigenvalue weighted by molar-refractivity contribution is 7.89. The molecule has 2 aromatic rings. The van der Waals surface area contributed by atoms with Crippen LogP contribution < -0.4 is 0 Å². The summed E-state index contributed by atoms with van der Waals surface area (Å²) in [5.74, 6) is 0.204. The monoisotopic (exact) mass is 403 g/mol. The first-order valence-electron chi connectivity index (χ1n) is 9.72. The molecule has 28 heavy (non-hydrogen) atoms. The molecule has 0 spiro atoms. The van der Waals surface area contributed by atoms with Gasteiger partial charge in [-0.05, 0) is 45.9 Å². The average Bonchev–Trinajstić information content (AvgIpc) is 2.97. The van der Waals surface area contributed by atoms with Crippen molar-refractivity contribution in [3.63, 3.8) is 0 Å². The summed E-state index contributed by atoms with van der Waals surface area (Å²) in [6.07, 6.45) is 0. The Hall–Kier alpha value is -1.96. The van der Waals surface area contributed by atoms with Gasteiger partial charge in [-0.2, -0.15) is 4.31 Å². The summed E-state index contributed by atoms with van der Waals surface area (Å²) in [6, 6.07) is 10.2. The molecule has 1 aromatic carbocycles. The number of piperazine rings is 1. The van der Waals surface area contributed by atoms with Crippen LogP contribution in [-0.4, -0.2) is 66.4 Å². The summed E-state index contributed by atoms with van der Waals surface area (Å²) < 4.78 is 27.6. The van der Waals surface area contributed by atoms with Gasteiger partial charge in [0.25, 0.3) is 0 Å². The Kier molecular flexibility index (Phi) is 6.07. The number of benzene rings is 1. The molecule has 7 heteroatoms. The molecule has 0 aliphatic carbocycles. The maximum Gasteiger partial charge on any atom is 0.213 e. The first-order chi connectivity index (χ1) is 13.2. The lowest BCUT2D eigenvalue weighted by atomic mass is 10.1. The number of Topliss-reactive ketones (excluding diaryl/α,β-unsaturated/α-hetero) is 1. The van der Waals surface area contributed by atoms with Gasteiger partial charge in [0, 0.05) is 48.8 Å². The molecule has 3 rings (SSSR count). The Morgan fingerprint density at radius 3 is 2.18 bits per heavy atom. The second kappa shape index (κ2) is 8.19. The van der Waals surface area contributed by atoms with Crippen LogP contribution in [-0.2, 0) is 10.0 Å². The molecule has 0 bridgehead atoms. The lowest BCUT2D eigenvalue weighted by Gasteiger charge is -2.33. The van der Waals surface area contributed by atoms with Crippen LogP contribution in [0.15, 0.2) is 30.3 Å². The second-order valence-corrected chi connectivity index (χ2v) is 9.71. The van der Waals surface area contributed by atoms with Crippen molar-refractivity contribution in [2.45, 2.75) is 27.7 Å². The van der Waals surface area contributed by atoms with Crippen LogP contribution in [0, 0.1) is 20.8 Å². The largest absolute Gasteiger partial charge is 0.318 e. The lowest BCUT2D eigenvalue weighted by molar-refractivity contribution is 0.0901. The Morgan fingerprint density at radius 1 is 1.00 bits per heavy atom. The number of hydrogen-bond acceptors (Lipinski definition) is 4. The van der Waals surface area contributed by atoms with Gasteiger partial charge < -0.3 is 4.57 Å². The molecule has 1 saturated heterocycles. The van der Waals surface area contributed by atoms with E-state index in [9.17, 15) is 13.2 Å². The third kappa shape index (κ3) is 4.21. The zero-order valence-corrected chi connectivity index (χ0v) is 17.9. The fourth-order valence-electron chi connectivity index (χ4n) is 3.77. The van der Waals surface area contributed by atoms with Gasteiger partial charge in [0.2, 0.25) is 10.0 Å². The second-order valence-electron chi connectivity index (χ2n) is 7.45. The van der Waals surface area contributed by atoms with Crippen molar-refractivity contribution in [1.82, 2.24) is 13.8 Å². The molecule has 1 aliphatic rings. The molecular weight excluding hydrogens is 374 g/mol. The molecule has 1 aromatic heterocycles. The number of aromatic nitrogens is 1. The molecule has 0 atom stereocenters. The minimum absolute atomic E-state index is 0.0817. The van der Waals surface area contributed by atoms with E-state index in [1.807, 2.05) is 24.8 Å². The number of sulfonamides is 1. The summed E-state index contributed by atoms with van der Waals surface area (Å²) in [6.45, 7) is 10.1. The molecule has 152 valence electrons. The molecule has 0 saturated carbocycles. The van der Waals surface area contributed by atoms with Crippen molar-refractivity contribution in [2.75, 3.05) is 38.5 Å². The standard InChI is InChI=1S/C21H29N3O3S/c1-5-28(26,27)23-12-10-22(11-13-23)15-21(25)20-14-17(3)24(18(20)4)19-8-6-16(2)7-9-19/h6-9,14H,5,10-13,15H2,1-4H3. The van der Waals surface area contributed by atoms with Gasteiger partial charge in [-0.15, -0.1) is 0 Å². The van der Waals surface area contributed by atoms with Crippen LogP contribution in [0.3, 0.4) is 0 Å². The van der Waals surface area contributed by atoms with E-state index in [0.29, 0.717) is 32.7 Å². The normalized spacial score (nSPS) is 16.4. The van der Waals surface area contributed by atoms with E-state index in [4.69, 9.17) is 0 Å². The molecular formula is C21H29N3O3S. The highest BCUT2D eigenvalue weighted by Crippen LogP contribution is 2.22. The molecule has 1 fully saturated rings. The fourth-order valence-corrected chi connectivity index (χ4v) is 4.86. The van der Waals surface area contributed by atoms with Crippen LogP contribution in [0.1, 0.15) is 34.2 Å². The van der Waals surface area contributed by atoms with Gasteiger partial charge in [0.15, 0.2) is 5.78 Å². The highest BCUT2D eigenvalue weighted by atomic mass is 32.2. The maximum atomic E-state index is 12.9. The summed E-state index contributed by atoms with van der Waals surface area (Å²) in [5.41, 5.74) is 4.97. The Morgan fingerprint density at radius 2 is 1.61 bits per heavy atom. The van der Waals surface area contributed by atoms with Gasteiger partial charge in [0.1, 0.15) is 0 Å². The first kappa shape index (κ1) is 20.8. The maximum absolute atomic E-state index is 12.9. The Labute approximate surface area is 167 Å². The minimum atomic E-state index is -3.15. The highest BCUT2D eigenvalue weighted by Gasteiger charge is 2.27. The number of aryl methyl sites for hydroxylation is 2. The summed E-state index contributed by atoms with van der Waals surface area (Å²) in [5, 5.41) is 0. The minimum Gasteiger partial charge on any atom is -0.318 e. The molecule has 0 radical (unpaired) electrons. The van der Waals surface area contributed by atoms with Crippen molar-refractivity contribution in [3.05, 3.63) is 52.8 Å².